The van der Waals surface area contributed by atoms with E-state index in [0.717, 1.165) is 5.56 Å². The first-order valence-corrected chi connectivity index (χ1v) is 7.31. The third kappa shape index (κ3) is 3.12. The molecule has 2 N–H and O–H groups in total. The lowest BCUT2D eigenvalue weighted by Gasteiger charge is -2.10. The van der Waals surface area contributed by atoms with Gasteiger partial charge in [-0.3, -0.25) is 0 Å². The highest BCUT2D eigenvalue weighted by Crippen LogP contribution is 2.34. The van der Waals surface area contributed by atoms with Crippen LogP contribution in [0.25, 0.3) is 11.3 Å². The molecular weight excluding hydrogens is 351 g/mol. The van der Waals surface area contributed by atoms with Gasteiger partial charge in [0.25, 0.3) is 0 Å². The van der Waals surface area contributed by atoms with Gasteiger partial charge in [-0.2, -0.15) is 0 Å². The van der Waals surface area contributed by atoms with Crippen LogP contribution in [0.1, 0.15) is 5.56 Å². The largest absolute Gasteiger partial charge is 0.485 e. The topological polar surface area (TPSA) is 61.3 Å². The van der Waals surface area contributed by atoms with Crippen LogP contribution in [-0.4, -0.2) is 5.16 Å². The van der Waals surface area contributed by atoms with Crippen LogP contribution < -0.4 is 10.5 Å². The molecule has 112 valence electrons. The van der Waals surface area contributed by atoms with E-state index in [1.807, 2.05) is 30.3 Å². The van der Waals surface area contributed by atoms with Crippen molar-refractivity contribution in [2.24, 2.45) is 0 Å². The molecule has 6 heteroatoms. The molecule has 0 aliphatic rings. The van der Waals surface area contributed by atoms with Gasteiger partial charge in [-0.15, -0.1) is 0 Å². The highest BCUT2D eigenvalue weighted by molar-refractivity contribution is 9.10. The van der Waals surface area contributed by atoms with Gasteiger partial charge in [0.2, 0.25) is 0 Å². The van der Waals surface area contributed by atoms with Crippen molar-refractivity contribution in [1.82, 2.24) is 5.16 Å². The first kappa shape index (κ1) is 14.6. The van der Waals surface area contributed by atoms with Crippen molar-refractivity contribution in [2.45, 2.75) is 6.61 Å². The van der Waals surface area contributed by atoms with E-state index in [0.29, 0.717) is 15.8 Å². The number of aromatic nitrogens is 1. The molecule has 0 unspecified atom stereocenters. The highest BCUT2D eigenvalue weighted by Gasteiger charge is 2.14. The number of nitrogens with zero attached hydrogens (tertiary/aromatic N) is 1. The van der Waals surface area contributed by atoms with Gasteiger partial charge in [-0.1, -0.05) is 35.5 Å². The van der Waals surface area contributed by atoms with Crippen LogP contribution in [0.15, 0.2) is 57.5 Å². The van der Waals surface area contributed by atoms with Crippen molar-refractivity contribution in [3.05, 3.63) is 64.4 Å². The lowest BCUT2D eigenvalue weighted by Crippen LogP contribution is -1.98. The maximum absolute atomic E-state index is 14.3. The van der Waals surface area contributed by atoms with Crippen LogP contribution in [0.3, 0.4) is 0 Å². The maximum Gasteiger partial charge on any atom is 0.169 e. The summed E-state index contributed by atoms with van der Waals surface area (Å²) in [5, 5.41) is 3.58. The smallest absolute Gasteiger partial charge is 0.169 e. The van der Waals surface area contributed by atoms with Crippen LogP contribution in [0.4, 0.5) is 10.2 Å². The molecule has 0 saturated carbocycles. The standard InChI is InChI=1S/C16H12BrFN2O2/c17-12-6-11(14-8-15(19)20-22-14)7-13(18)16(12)21-9-10-4-2-1-3-5-10/h1-8H,9H2,(H2,19,20). The van der Waals surface area contributed by atoms with E-state index in [4.69, 9.17) is 15.0 Å². The Morgan fingerprint density at radius 1 is 1.18 bits per heavy atom. The van der Waals surface area contributed by atoms with Crippen molar-refractivity contribution in [3.63, 3.8) is 0 Å². The molecule has 2 aromatic carbocycles. The summed E-state index contributed by atoms with van der Waals surface area (Å²) >= 11 is 3.32. The van der Waals surface area contributed by atoms with Crippen molar-refractivity contribution < 1.29 is 13.7 Å². The first-order valence-electron chi connectivity index (χ1n) is 6.52. The molecule has 0 atom stereocenters. The normalized spacial score (nSPS) is 10.6. The number of ether oxygens (including phenoxy) is 1. The van der Waals surface area contributed by atoms with Gasteiger partial charge in [0.1, 0.15) is 6.61 Å². The van der Waals surface area contributed by atoms with Crippen molar-refractivity contribution in [2.75, 3.05) is 5.73 Å². The quantitative estimate of drug-likeness (QED) is 0.746. The molecule has 0 amide bonds. The number of halogens is 2. The third-order valence-corrected chi connectivity index (χ3v) is 3.63. The van der Waals surface area contributed by atoms with Gasteiger partial charge in [-0.05, 0) is 33.6 Å². The van der Waals surface area contributed by atoms with E-state index < -0.39 is 5.82 Å². The predicted octanol–water partition coefficient (Wildman–Crippen LogP) is 4.40. The van der Waals surface area contributed by atoms with Gasteiger partial charge in [0.05, 0.1) is 4.47 Å². The number of benzene rings is 2. The Morgan fingerprint density at radius 3 is 2.59 bits per heavy atom. The number of nitrogen functional groups attached to an aromatic ring is 1. The fourth-order valence-electron chi connectivity index (χ4n) is 1.99. The fraction of sp³-hybridized carbons (Fsp3) is 0.0625. The Hall–Kier alpha value is -2.34. The Labute approximate surface area is 134 Å². The van der Waals surface area contributed by atoms with Gasteiger partial charge in [-0.25, -0.2) is 4.39 Å². The highest BCUT2D eigenvalue weighted by atomic mass is 79.9. The van der Waals surface area contributed by atoms with Crippen LogP contribution in [-0.2, 0) is 6.61 Å². The molecule has 0 saturated heterocycles. The average Bonchev–Trinajstić information content (AvgIpc) is 2.94. The van der Waals surface area contributed by atoms with E-state index >= 15 is 0 Å². The van der Waals surface area contributed by atoms with E-state index in [9.17, 15) is 4.39 Å². The number of nitrogens with two attached hydrogens (primary N) is 1. The maximum atomic E-state index is 14.3. The van der Waals surface area contributed by atoms with Gasteiger partial charge in [0.15, 0.2) is 23.1 Å². The van der Waals surface area contributed by atoms with Gasteiger partial charge >= 0.3 is 0 Å². The number of hydrogen-bond donors (Lipinski definition) is 1. The number of rotatable bonds is 4. The minimum absolute atomic E-state index is 0.153. The number of hydrogen-bond acceptors (Lipinski definition) is 4. The second-order valence-corrected chi connectivity index (χ2v) is 5.51. The Balaban J connectivity index is 1.84. The van der Waals surface area contributed by atoms with Gasteiger partial charge in [0, 0.05) is 11.6 Å². The minimum Gasteiger partial charge on any atom is -0.485 e. The fourth-order valence-corrected chi connectivity index (χ4v) is 2.55. The number of anilines is 1. The molecule has 0 spiro atoms. The molecule has 0 radical (unpaired) electrons. The summed E-state index contributed by atoms with van der Waals surface area (Å²) in [5.41, 5.74) is 6.99. The Kier molecular flexibility index (Phi) is 4.11. The zero-order valence-corrected chi connectivity index (χ0v) is 13.0. The first-order chi connectivity index (χ1) is 10.6. The summed E-state index contributed by atoms with van der Waals surface area (Å²) in [6.07, 6.45) is 0. The molecule has 1 heterocycles. The monoisotopic (exact) mass is 362 g/mol. The summed E-state index contributed by atoms with van der Waals surface area (Å²) < 4.78 is 25.3. The molecule has 1 aromatic heterocycles. The molecule has 22 heavy (non-hydrogen) atoms. The predicted molar refractivity (Wildman–Crippen MR) is 84.8 cm³/mol. The van der Waals surface area contributed by atoms with E-state index in [1.54, 1.807) is 6.07 Å². The van der Waals surface area contributed by atoms with Crippen LogP contribution >= 0.6 is 15.9 Å². The molecule has 3 rings (SSSR count). The second-order valence-electron chi connectivity index (χ2n) is 4.66. The third-order valence-electron chi connectivity index (χ3n) is 3.04. The average molecular weight is 363 g/mol. The lowest BCUT2D eigenvalue weighted by molar-refractivity contribution is 0.288. The molecular formula is C16H12BrFN2O2. The summed E-state index contributed by atoms with van der Waals surface area (Å²) in [4.78, 5) is 0. The zero-order chi connectivity index (χ0) is 15.5. The minimum atomic E-state index is -0.490. The summed E-state index contributed by atoms with van der Waals surface area (Å²) in [5.74, 6) is 0.304. The van der Waals surface area contributed by atoms with Crippen LogP contribution in [0, 0.1) is 5.82 Å². The lowest BCUT2D eigenvalue weighted by atomic mass is 10.1. The molecule has 0 aliphatic heterocycles. The molecule has 0 aliphatic carbocycles. The van der Waals surface area contributed by atoms with Crippen LogP contribution in [0.5, 0.6) is 5.75 Å². The van der Waals surface area contributed by atoms with Crippen molar-refractivity contribution in [3.8, 4) is 17.1 Å². The van der Waals surface area contributed by atoms with Gasteiger partial charge < -0.3 is 15.0 Å². The zero-order valence-electron chi connectivity index (χ0n) is 11.4. The summed E-state index contributed by atoms with van der Waals surface area (Å²) in [7, 11) is 0. The SMILES string of the molecule is Nc1cc(-c2cc(F)c(OCc3ccccc3)c(Br)c2)on1. The Bertz CT molecular complexity index is 767. The summed E-state index contributed by atoms with van der Waals surface area (Å²) in [6, 6.07) is 14.1. The molecule has 0 fully saturated rings. The van der Waals surface area contributed by atoms with E-state index in [-0.39, 0.29) is 18.2 Å². The van der Waals surface area contributed by atoms with Crippen molar-refractivity contribution >= 4 is 21.7 Å². The molecule has 4 nitrogen and oxygen atoms in total. The van der Waals surface area contributed by atoms with Crippen molar-refractivity contribution in [1.29, 1.82) is 0 Å². The molecule has 3 aromatic rings. The molecule has 0 bridgehead atoms. The van der Waals surface area contributed by atoms with E-state index in [2.05, 4.69) is 21.1 Å². The Morgan fingerprint density at radius 2 is 1.95 bits per heavy atom. The second kappa shape index (κ2) is 6.19. The summed E-state index contributed by atoms with van der Waals surface area (Å²) in [6.45, 7) is 0.283. The van der Waals surface area contributed by atoms with E-state index in [1.165, 1.54) is 12.1 Å². The van der Waals surface area contributed by atoms with Crippen LogP contribution in [0.2, 0.25) is 0 Å².